The zero-order valence-corrected chi connectivity index (χ0v) is 14.4. The van der Waals surface area contributed by atoms with Crippen molar-refractivity contribution in [1.82, 2.24) is 0 Å². The number of esters is 1. The first-order chi connectivity index (χ1) is 10.5. The molecule has 0 bridgehead atoms. The van der Waals surface area contributed by atoms with Gasteiger partial charge >= 0.3 is 11.9 Å². The summed E-state index contributed by atoms with van der Waals surface area (Å²) in [6.07, 6.45) is 13.4. The van der Waals surface area contributed by atoms with Crippen LogP contribution in [0.5, 0.6) is 0 Å². The molecule has 0 aromatic carbocycles. The van der Waals surface area contributed by atoms with E-state index in [4.69, 9.17) is 9.84 Å². The number of ether oxygens (including phenoxy) is 1. The topological polar surface area (TPSA) is 63.6 Å². The van der Waals surface area contributed by atoms with Crippen molar-refractivity contribution in [2.24, 2.45) is 0 Å². The zero-order chi connectivity index (χ0) is 16.6. The van der Waals surface area contributed by atoms with Gasteiger partial charge in [0.1, 0.15) is 0 Å². The summed E-state index contributed by atoms with van der Waals surface area (Å²) >= 11 is 0. The van der Waals surface area contributed by atoms with Crippen LogP contribution in [0.1, 0.15) is 97.3 Å². The van der Waals surface area contributed by atoms with Crippen molar-refractivity contribution in [2.45, 2.75) is 103 Å². The van der Waals surface area contributed by atoms with Crippen molar-refractivity contribution in [2.75, 3.05) is 0 Å². The molecule has 0 aromatic heterocycles. The van der Waals surface area contributed by atoms with Gasteiger partial charge in [-0.2, -0.15) is 0 Å². The number of hydrogen-bond donors (Lipinski definition) is 1. The molecule has 0 amide bonds. The van der Waals surface area contributed by atoms with Crippen LogP contribution in [-0.4, -0.2) is 23.1 Å². The molecule has 0 rings (SSSR count). The van der Waals surface area contributed by atoms with Crippen LogP contribution in [0.25, 0.3) is 0 Å². The molecule has 0 unspecified atom stereocenters. The predicted molar refractivity (Wildman–Crippen MR) is 88.9 cm³/mol. The predicted octanol–water partition coefficient (Wildman–Crippen LogP) is 5.09. The van der Waals surface area contributed by atoms with E-state index < -0.39 is 5.97 Å². The molecule has 0 aliphatic carbocycles. The minimum absolute atomic E-state index is 0.00312. The Morgan fingerprint density at radius 3 is 1.45 bits per heavy atom. The second kappa shape index (κ2) is 14.9. The molecule has 4 heteroatoms. The van der Waals surface area contributed by atoms with Crippen molar-refractivity contribution in [3.63, 3.8) is 0 Å². The third-order valence-electron chi connectivity index (χ3n) is 3.64. The van der Waals surface area contributed by atoms with Crippen molar-refractivity contribution in [3.05, 3.63) is 0 Å². The van der Waals surface area contributed by atoms with Gasteiger partial charge in [-0.15, -0.1) is 0 Å². The second-order valence-corrected chi connectivity index (χ2v) is 6.32. The third-order valence-corrected chi connectivity index (χ3v) is 3.64. The van der Waals surface area contributed by atoms with Gasteiger partial charge in [-0.1, -0.05) is 57.8 Å². The van der Waals surface area contributed by atoms with Gasteiger partial charge in [-0.05, 0) is 26.7 Å². The monoisotopic (exact) mass is 314 g/mol. The van der Waals surface area contributed by atoms with E-state index in [2.05, 4.69) is 0 Å². The van der Waals surface area contributed by atoms with E-state index in [0.29, 0.717) is 12.8 Å². The van der Waals surface area contributed by atoms with Crippen LogP contribution >= 0.6 is 0 Å². The number of carbonyl (C=O) groups excluding carboxylic acids is 1. The van der Waals surface area contributed by atoms with Gasteiger partial charge in [0.25, 0.3) is 0 Å². The molecule has 0 saturated heterocycles. The van der Waals surface area contributed by atoms with Gasteiger partial charge in [-0.25, -0.2) is 0 Å². The summed E-state index contributed by atoms with van der Waals surface area (Å²) in [6, 6.07) is 0. The number of rotatable bonds is 15. The van der Waals surface area contributed by atoms with Gasteiger partial charge in [0, 0.05) is 12.8 Å². The molecule has 22 heavy (non-hydrogen) atoms. The van der Waals surface area contributed by atoms with Crippen LogP contribution in [0.4, 0.5) is 0 Å². The number of hydrogen-bond acceptors (Lipinski definition) is 3. The Bertz CT molecular complexity index is 287. The molecule has 0 aliphatic heterocycles. The molecular formula is C18H34O4. The summed E-state index contributed by atoms with van der Waals surface area (Å²) in [5.74, 6) is -0.754. The van der Waals surface area contributed by atoms with E-state index in [9.17, 15) is 9.59 Å². The minimum Gasteiger partial charge on any atom is -0.481 e. The zero-order valence-electron chi connectivity index (χ0n) is 14.4. The molecule has 0 saturated carbocycles. The SMILES string of the molecule is CC(C)OC(=O)CCCCCCCCCCCCCC(=O)O. The van der Waals surface area contributed by atoms with E-state index in [1.165, 1.54) is 38.5 Å². The van der Waals surface area contributed by atoms with Crippen molar-refractivity contribution < 1.29 is 19.4 Å². The fraction of sp³-hybridized carbons (Fsp3) is 0.889. The van der Waals surface area contributed by atoms with Crippen molar-refractivity contribution in [1.29, 1.82) is 0 Å². The van der Waals surface area contributed by atoms with Gasteiger partial charge in [0.05, 0.1) is 6.10 Å². The van der Waals surface area contributed by atoms with Gasteiger partial charge < -0.3 is 9.84 Å². The van der Waals surface area contributed by atoms with Crippen LogP contribution in [0.2, 0.25) is 0 Å². The highest BCUT2D eigenvalue weighted by atomic mass is 16.5. The van der Waals surface area contributed by atoms with Crippen LogP contribution in [0.3, 0.4) is 0 Å². The molecule has 130 valence electrons. The number of carbonyl (C=O) groups is 2. The Kier molecular flexibility index (Phi) is 14.1. The van der Waals surface area contributed by atoms with Crippen molar-refractivity contribution in [3.8, 4) is 0 Å². The Labute approximate surface area is 135 Å². The highest BCUT2D eigenvalue weighted by Gasteiger charge is 2.04. The average molecular weight is 314 g/mol. The Morgan fingerprint density at radius 1 is 0.727 bits per heavy atom. The summed E-state index contributed by atoms with van der Waals surface area (Å²) in [6.45, 7) is 3.76. The van der Waals surface area contributed by atoms with E-state index in [-0.39, 0.29) is 12.1 Å². The summed E-state index contributed by atoms with van der Waals surface area (Å²) in [5.41, 5.74) is 0. The molecule has 0 aromatic rings. The maximum atomic E-state index is 11.3. The molecule has 0 heterocycles. The standard InChI is InChI=1S/C18H34O4/c1-16(2)22-18(21)15-13-11-9-7-5-3-4-6-8-10-12-14-17(19)20/h16H,3-15H2,1-2H3,(H,19,20). The third kappa shape index (κ3) is 17.0. The lowest BCUT2D eigenvalue weighted by Gasteiger charge is -2.07. The molecule has 0 aliphatic rings. The van der Waals surface area contributed by atoms with Crippen LogP contribution in [-0.2, 0) is 14.3 Å². The molecule has 4 nitrogen and oxygen atoms in total. The van der Waals surface area contributed by atoms with Crippen LogP contribution in [0.15, 0.2) is 0 Å². The molecule has 1 N–H and O–H groups in total. The Hall–Kier alpha value is -1.06. The van der Waals surface area contributed by atoms with E-state index in [1.54, 1.807) is 0 Å². The van der Waals surface area contributed by atoms with E-state index in [1.807, 2.05) is 13.8 Å². The molecule has 0 spiro atoms. The van der Waals surface area contributed by atoms with Gasteiger partial charge in [0.2, 0.25) is 0 Å². The highest BCUT2D eigenvalue weighted by molar-refractivity contribution is 5.69. The fourth-order valence-electron chi connectivity index (χ4n) is 2.46. The summed E-state index contributed by atoms with van der Waals surface area (Å²) < 4.78 is 5.09. The molecular weight excluding hydrogens is 280 g/mol. The van der Waals surface area contributed by atoms with E-state index >= 15 is 0 Å². The maximum absolute atomic E-state index is 11.3. The van der Waals surface area contributed by atoms with E-state index in [0.717, 1.165) is 32.1 Å². The van der Waals surface area contributed by atoms with Gasteiger partial charge in [0.15, 0.2) is 0 Å². The highest BCUT2D eigenvalue weighted by Crippen LogP contribution is 2.12. The smallest absolute Gasteiger partial charge is 0.306 e. The number of carboxylic acids is 1. The van der Waals surface area contributed by atoms with Crippen LogP contribution in [0, 0.1) is 0 Å². The maximum Gasteiger partial charge on any atom is 0.306 e. The quantitative estimate of drug-likeness (QED) is 0.337. The number of aliphatic carboxylic acids is 1. The van der Waals surface area contributed by atoms with Gasteiger partial charge in [-0.3, -0.25) is 9.59 Å². The van der Waals surface area contributed by atoms with Crippen molar-refractivity contribution >= 4 is 11.9 Å². The fourth-order valence-corrected chi connectivity index (χ4v) is 2.46. The first kappa shape index (κ1) is 20.9. The summed E-state index contributed by atoms with van der Waals surface area (Å²) in [7, 11) is 0. The average Bonchev–Trinajstić information content (AvgIpc) is 2.42. The molecule has 0 radical (unpaired) electrons. The lowest BCUT2D eigenvalue weighted by atomic mass is 10.0. The number of unbranched alkanes of at least 4 members (excludes halogenated alkanes) is 10. The molecule has 0 atom stereocenters. The largest absolute Gasteiger partial charge is 0.481 e. The Balaban J connectivity index is 3.11. The normalized spacial score (nSPS) is 10.9. The second-order valence-electron chi connectivity index (χ2n) is 6.32. The Morgan fingerprint density at radius 2 is 1.09 bits per heavy atom. The lowest BCUT2D eigenvalue weighted by Crippen LogP contribution is -2.10. The first-order valence-corrected chi connectivity index (χ1v) is 8.93. The first-order valence-electron chi connectivity index (χ1n) is 8.93. The van der Waals surface area contributed by atoms with Crippen LogP contribution < -0.4 is 0 Å². The number of carboxylic acid groups (broad SMARTS) is 1. The summed E-state index contributed by atoms with van der Waals surface area (Å²) in [4.78, 5) is 21.7. The molecule has 0 fully saturated rings. The lowest BCUT2D eigenvalue weighted by molar-refractivity contribution is -0.147. The summed E-state index contributed by atoms with van der Waals surface area (Å²) in [5, 5.41) is 8.52. The minimum atomic E-state index is -0.683.